The molecule has 9 aromatic carbocycles. The molecule has 0 saturated carbocycles. The zero-order chi connectivity index (χ0) is 43.8. The highest BCUT2D eigenvalue weighted by molar-refractivity contribution is 5.96. The predicted octanol–water partition coefficient (Wildman–Crippen LogP) is 15.2. The van der Waals surface area contributed by atoms with E-state index in [-0.39, 0.29) is 70.8 Å². The minimum Gasteiger partial charge on any atom is -0.311 e. The van der Waals surface area contributed by atoms with Crippen LogP contribution in [0.5, 0.6) is 0 Å². The lowest BCUT2D eigenvalue weighted by Gasteiger charge is -2.26. The second kappa shape index (κ2) is 15.4. The molecule has 0 fully saturated rings. The van der Waals surface area contributed by atoms with Gasteiger partial charge in [-0.05, 0) is 103 Å². The topological polar surface area (TPSA) is 3.24 Å². The van der Waals surface area contributed by atoms with E-state index in [1.54, 1.807) is 60.7 Å². The van der Waals surface area contributed by atoms with Crippen LogP contribution in [0.2, 0.25) is 0 Å². The Hall–Kier alpha value is -7.22. The molecule has 0 N–H and O–H groups in total. The average Bonchev–Trinajstić information content (AvgIpc) is 3.33. The van der Waals surface area contributed by atoms with Crippen LogP contribution in [0.1, 0.15) is 11.0 Å². The summed E-state index contributed by atoms with van der Waals surface area (Å²) in [6.07, 6.45) is 0. The third kappa shape index (κ3) is 7.00. The molecule has 0 bridgehead atoms. The Morgan fingerprint density at radius 2 is 0.509 bits per heavy atom. The molecule has 55 heavy (non-hydrogen) atoms. The summed E-state index contributed by atoms with van der Waals surface area (Å²) in [4.78, 5) is 1.34. The molecule has 0 aliphatic carbocycles. The number of hydrogen-bond acceptors (Lipinski definition) is 1. The Kier molecular flexibility index (Phi) is 7.20. The molecule has 1 nitrogen and oxygen atoms in total. The highest BCUT2D eigenvalue weighted by Crippen LogP contribution is 2.43. The minimum atomic E-state index is -0.388. The monoisotopic (exact) mass is 709 g/mol. The van der Waals surface area contributed by atoms with Crippen molar-refractivity contribution >= 4 is 17.1 Å². The van der Waals surface area contributed by atoms with Gasteiger partial charge >= 0.3 is 0 Å². The molecule has 0 radical (unpaired) electrons. The summed E-state index contributed by atoms with van der Waals surface area (Å²) in [7, 11) is 0. The van der Waals surface area contributed by atoms with Crippen LogP contribution in [-0.4, -0.2) is 0 Å². The molecule has 9 rings (SSSR count). The molecular weight excluding hydrogens is 663 g/mol. The normalized spacial score (nSPS) is 12.9. The van der Waals surface area contributed by atoms with Crippen LogP contribution in [0, 0.1) is 0 Å². The van der Waals surface area contributed by atoms with Crippen LogP contribution in [0.15, 0.2) is 236 Å². The van der Waals surface area contributed by atoms with Gasteiger partial charge in [-0.1, -0.05) is 200 Å². The smallest absolute Gasteiger partial charge is 0.0645 e. The van der Waals surface area contributed by atoms with Crippen molar-refractivity contribution < 1.29 is 11.0 Å². The largest absolute Gasteiger partial charge is 0.311 e. The molecule has 0 unspecified atom stereocenters. The van der Waals surface area contributed by atoms with Crippen molar-refractivity contribution in [3.63, 3.8) is 0 Å². The predicted molar refractivity (Wildman–Crippen MR) is 234 cm³/mol. The van der Waals surface area contributed by atoms with Crippen molar-refractivity contribution in [2.24, 2.45) is 0 Å². The van der Waals surface area contributed by atoms with E-state index < -0.39 is 0 Å². The van der Waals surface area contributed by atoms with Gasteiger partial charge in [0, 0.05) is 17.1 Å². The zero-order valence-corrected chi connectivity index (χ0v) is 29.8. The van der Waals surface area contributed by atoms with Crippen molar-refractivity contribution in [3.05, 3.63) is 236 Å². The van der Waals surface area contributed by atoms with Gasteiger partial charge in [-0.15, -0.1) is 0 Å². The van der Waals surface area contributed by atoms with Crippen LogP contribution in [0.3, 0.4) is 0 Å². The van der Waals surface area contributed by atoms with E-state index in [1.807, 2.05) is 66.7 Å². The van der Waals surface area contributed by atoms with E-state index in [1.165, 1.54) is 4.90 Å². The summed E-state index contributed by atoms with van der Waals surface area (Å²) in [5.41, 5.74) is 9.39. The number of nitrogens with zero attached hydrogens (tertiary/aromatic N) is 1. The molecular formula is C54H39N. The minimum absolute atomic E-state index is 0.118. The summed E-state index contributed by atoms with van der Waals surface area (Å²) < 4.78 is 74.3. The Morgan fingerprint density at radius 3 is 0.891 bits per heavy atom. The van der Waals surface area contributed by atoms with Crippen molar-refractivity contribution in [2.45, 2.75) is 0 Å². The average molecular weight is 710 g/mol. The van der Waals surface area contributed by atoms with Crippen molar-refractivity contribution in [3.8, 4) is 66.8 Å². The lowest BCUT2D eigenvalue weighted by Crippen LogP contribution is -2.09. The molecule has 0 atom stereocenters. The van der Waals surface area contributed by atoms with Crippen LogP contribution in [0.25, 0.3) is 66.8 Å². The molecule has 0 aliphatic heterocycles. The molecule has 0 heterocycles. The van der Waals surface area contributed by atoms with E-state index in [2.05, 4.69) is 60.7 Å². The standard InChI is InChI=1S/C54H39N/c1-4-16-40(17-5-1)42-28-34-46(35-29-42)55(47-36-30-43(31-37-47)41-18-6-2-7-19-41)48-38-32-45(33-39-48)50-23-11-13-25-52(50)54-27-15-14-26-53(54)51-24-12-10-22-49(51)44-20-8-3-9-21-44/h1-39H/i28D,29D,30D,31D,34D,35D,36D,37D. The molecule has 0 amide bonds. The van der Waals surface area contributed by atoms with Gasteiger partial charge in [-0.2, -0.15) is 0 Å². The van der Waals surface area contributed by atoms with Crippen LogP contribution >= 0.6 is 0 Å². The first-order valence-corrected chi connectivity index (χ1v) is 18.2. The second-order valence-corrected chi connectivity index (χ2v) is 13.1. The number of benzene rings is 9. The van der Waals surface area contributed by atoms with Gasteiger partial charge < -0.3 is 4.90 Å². The molecule has 1 heteroatoms. The maximum atomic E-state index is 9.39. The van der Waals surface area contributed by atoms with Crippen molar-refractivity contribution in [2.75, 3.05) is 4.90 Å². The van der Waals surface area contributed by atoms with Crippen molar-refractivity contribution in [1.82, 2.24) is 0 Å². The van der Waals surface area contributed by atoms with Gasteiger partial charge in [0.25, 0.3) is 0 Å². The summed E-state index contributed by atoms with van der Waals surface area (Å²) in [6, 6.07) is 57.3. The first-order chi connectivity index (χ1) is 30.7. The second-order valence-electron chi connectivity index (χ2n) is 13.1. The van der Waals surface area contributed by atoms with Gasteiger partial charge in [-0.25, -0.2) is 0 Å². The summed E-state index contributed by atoms with van der Waals surface area (Å²) in [6.45, 7) is 0. The Bertz CT molecular complexity index is 2970. The molecule has 0 aromatic heterocycles. The van der Waals surface area contributed by atoms with E-state index in [0.29, 0.717) is 16.8 Å². The fourth-order valence-electron chi connectivity index (χ4n) is 7.00. The highest BCUT2D eigenvalue weighted by atomic mass is 15.1. The number of rotatable bonds is 9. The van der Waals surface area contributed by atoms with E-state index in [0.717, 1.165) is 44.5 Å². The summed E-state index contributed by atoms with van der Waals surface area (Å²) in [5.74, 6) is 0. The molecule has 0 aliphatic rings. The third-order valence-electron chi connectivity index (χ3n) is 9.68. The quantitative estimate of drug-likeness (QED) is 0.144. The lowest BCUT2D eigenvalue weighted by atomic mass is 9.87. The maximum Gasteiger partial charge on any atom is 0.0645 e. The van der Waals surface area contributed by atoms with Crippen molar-refractivity contribution in [1.29, 1.82) is 0 Å². The zero-order valence-electron chi connectivity index (χ0n) is 37.8. The van der Waals surface area contributed by atoms with Gasteiger partial charge in [0.05, 0.1) is 11.0 Å². The van der Waals surface area contributed by atoms with Gasteiger partial charge in [0.1, 0.15) is 0 Å². The maximum absolute atomic E-state index is 9.39. The van der Waals surface area contributed by atoms with E-state index >= 15 is 0 Å². The first kappa shape index (κ1) is 25.7. The van der Waals surface area contributed by atoms with Gasteiger partial charge in [-0.3, -0.25) is 0 Å². The molecule has 9 aromatic rings. The Morgan fingerprint density at radius 1 is 0.218 bits per heavy atom. The third-order valence-corrected chi connectivity index (χ3v) is 9.68. The Labute approximate surface area is 335 Å². The lowest BCUT2D eigenvalue weighted by molar-refractivity contribution is 1.28. The van der Waals surface area contributed by atoms with E-state index in [9.17, 15) is 11.0 Å². The van der Waals surface area contributed by atoms with Crippen LogP contribution in [0.4, 0.5) is 17.1 Å². The molecule has 0 saturated heterocycles. The molecule has 0 spiro atoms. The molecule has 260 valence electrons. The van der Waals surface area contributed by atoms with Crippen LogP contribution in [-0.2, 0) is 0 Å². The fourth-order valence-corrected chi connectivity index (χ4v) is 7.00. The first-order valence-electron chi connectivity index (χ1n) is 22.2. The SMILES string of the molecule is [2H]c1c([2H])c(N(c2ccc(-c3ccccc3-c3ccccc3-c3ccccc3-c3ccccc3)cc2)c2c([2H])c([2H])c(-c3ccccc3)c([2H])c2[2H])c([2H])c([2H])c1-c1ccccc1. The summed E-state index contributed by atoms with van der Waals surface area (Å²) in [5, 5.41) is 0. The highest BCUT2D eigenvalue weighted by Gasteiger charge is 2.17. The number of anilines is 3. The summed E-state index contributed by atoms with van der Waals surface area (Å²) >= 11 is 0. The fraction of sp³-hybridized carbons (Fsp3) is 0. The van der Waals surface area contributed by atoms with Crippen LogP contribution < -0.4 is 4.90 Å². The van der Waals surface area contributed by atoms with E-state index in [4.69, 9.17) is 0 Å². The Balaban J connectivity index is 1.22. The number of hydrogen-bond donors (Lipinski definition) is 0. The van der Waals surface area contributed by atoms with Gasteiger partial charge in [0.15, 0.2) is 0 Å². The van der Waals surface area contributed by atoms with Gasteiger partial charge in [0.2, 0.25) is 0 Å².